The van der Waals surface area contributed by atoms with E-state index >= 15 is 0 Å². The molecule has 2 rings (SSSR count). The molecule has 0 bridgehead atoms. The molecule has 1 unspecified atom stereocenters. The number of nitrogens with zero attached hydrogens (tertiary/aromatic N) is 2. The van der Waals surface area contributed by atoms with Gasteiger partial charge in [0.15, 0.2) is 0 Å². The molecule has 0 aliphatic rings. The molecule has 1 aromatic carbocycles. The Morgan fingerprint density at radius 1 is 1.22 bits per heavy atom. The molecule has 0 aliphatic heterocycles. The molecule has 1 heterocycles. The molecule has 5 nitrogen and oxygen atoms in total. The SMILES string of the molecule is Cc1cccc(-c2cncc(C(=O)N(C)CC(C)C(=O)O)c2)c1. The summed E-state index contributed by atoms with van der Waals surface area (Å²) >= 11 is 0. The maximum atomic E-state index is 12.4. The molecule has 0 aliphatic carbocycles. The highest BCUT2D eigenvalue weighted by Crippen LogP contribution is 2.21. The topological polar surface area (TPSA) is 70.5 Å². The summed E-state index contributed by atoms with van der Waals surface area (Å²) in [6.45, 7) is 3.74. The van der Waals surface area contributed by atoms with Gasteiger partial charge in [0.05, 0.1) is 11.5 Å². The van der Waals surface area contributed by atoms with Gasteiger partial charge >= 0.3 is 5.97 Å². The third kappa shape index (κ3) is 4.16. The molecule has 1 aromatic heterocycles. The van der Waals surface area contributed by atoms with E-state index in [1.54, 1.807) is 26.2 Å². The van der Waals surface area contributed by atoms with Crippen molar-refractivity contribution in [1.82, 2.24) is 9.88 Å². The Hall–Kier alpha value is -2.69. The fourth-order valence-corrected chi connectivity index (χ4v) is 2.33. The molecule has 2 aromatic rings. The molecule has 0 spiro atoms. The molecule has 0 saturated heterocycles. The van der Waals surface area contributed by atoms with Crippen LogP contribution < -0.4 is 0 Å². The van der Waals surface area contributed by atoms with Gasteiger partial charge in [-0.2, -0.15) is 0 Å². The van der Waals surface area contributed by atoms with E-state index in [0.717, 1.165) is 16.7 Å². The lowest BCUT2D eigenvalue weighted by Gasteiger charge is -2.19. The smallest absolute Gasteiger partial charge is 0.308 e. The van der Waals surface area contributed by atoms with Gasteiger partial charge in [0.2, 0.25) is 0 Å². The van der Waals surface area contributed by atoms with Crippen LogP contribution in [0.3, 0.4) is 0 Å². The number of hydrogen-bond acceptors (Lipinski definition) is 3. The number of carbonyl (C=O) groups excluding carboxylic acids is 1. The van der Waals surface area contributed by atoms with E-state index in [0.29, 0.717) is 5.56 Å². The third-order valence-electron chi connectivity index (χ3n) is 3.65. The number of aromatic nitrogens is 1. The lowest BCUT2D eigenvalue weighted by atomic mass is 10.0. The summed E-state index contributed by atoms with van der Waals surface area (Å²) in [5.41, 5.74) is 3.43. The minimum absolute atomic E-state index is 0.156. The summed E-state index contributed by atoms with van der Waals surface area (Å²) in [4.78, 5) is 28.9. The second-order valence-corrected chi connectivity index (χ2v) is 5.76. The molecular weight excluding hydrogens is 292 g/mol. The van der Waals surface area contributed by atoms with Gasteiger partial charge in [0, 0.05) is 31.5 Å². The Bertz CT molecular complexity index is 728. The number of carboxylic acids is 1. The Labute approximate surface area is 135 Å². The Balaban J connectivity index is 2.22. The largest absolute Gasteiger partial charge is 0.481 e. The molecule has 1 amide bonds. The van der Waals surface area contributed by atoms with Gasteiger partial charge in [0.1, 0.15) is 0 Å². The van der Waals surface area contributed by atoms with E-state index in [4.69, 9.17) is 5.11 Å². The first-order chi connectivity index (χ1) is 10.9. The Morgan fingerprint density at radius 2 is 1.96 bits per heavy atom. The van der Waals surface area contributed by atoms with Crippen molar-refractivity contribution in [3.8, 4) is 11.1 Å². The molecular formula is C18H20N2O3. The van der Waals surface area contributed by atoms with E-state index in [9.17, 15) is 9.59 Å². The quantitative estimate of drug-likeness (QED) is 0.921. The number of benzene rings is 1. The van der Waals surface area contributed by atoms with Crippen LogP contribution in [0.1, 0.15) is 22.8 Å². The zero-order valence-corrected chi connectivity index (χ0v) is 13.5. The van der Waals surface area contributed by atoms with Gasteiger partial charge in [-0.05, 0) is 18.6 Å². The van der Waals surface area contributed by atoms with Crippen molar-refractivity contribution >= 4 is 11.9 Å². The molecule has 0 saturated carbocycles. The second kappa shape index (κ2) is 7.05. The van der Waals surface area contributed by atoms with Crippen LogP contribution in [-0.2, 0) is 4.79 Å². The number of carbonyl (C=O) groups is 2. The number of carboxylic acid groups (broad SMARTS) is 1. The summed E-state index contributed by atoms with van der Waals surface area (Å²) < 4.78 is 0. The predicted octanol–water partition coefficient (Wildman–Crippen LogP) is 2.85. The molecule has 23 heavy (non-hydrogen) atoms. The van der Waals surface area contributed by atoms with Gasteiger partial charge < -0.3 is 10.0 Å². The van der Waals surface area contributed by atoms with Gasteiger partial charge in [-0.15, -0.1) is 0 Å². The average molecular weight is 312 g/mol. The van der Waals surface area contributed by atoms with Crippen molar-refractivity contribution in [3.63, 3.8) is 0 Å². The molecule has 120 valence electrons. The lowest BCUT2D eigenvalue weighted by molar-refractivity contribution is -0.141. The van der Waals surface area contributed by atoms with E-state index in [-0.39, 0.29) is 12.5 Å². The van der Waals surface area contributed by atoms with Gasteiger partial charge in [-0.25, -0.2) is 0 Å². The first kappa shape index (κ1) is 16.7. The van der Waals surface area contributed by atoms with E-state index < -0.39 is 11.9 Å². The van der Waals surface area contributed by atoms with E-state index in [1.165, 1.54) is 11.1 Å². The second-order valence-electron chi connectivity index (χ2n) is 5.76. The van der Waals surface area contributed by atoms with Crippen LogP contribution in [0, 0.1) is 12.8 Å². The van der Waals surface area contributed by atoms with Gasteiger partial charge in [-0.1, -0.05) is 36.8 Å². The summed E-state index contributed by atoms with van der Waals surface area (Å²) in [5.74, 6) is -1.77. The van der Waals surface area contributed by atoms with Crippen molar-refractivity contribution in [2.75, 3.05) is 13.6 Å². The van der Waals surface area contributed by atoms with Crippen LogP contribution in [-0.4, -0.2) is 40.5 Å². The fourth-order valence-electron chi connectivity index (χ4n) is 2.33. The summed E-state index contributed by atoms with van der Waals surface area (Å²) in [6.07, 6.45) is 3.22. The van der Waals surface area contributed by atoms with Crippen molar-refractivity contribution in [3.05, 3.63) is 53.9 Å². The highest BCUT2D eigenvalue weighted by Gasteiger charge is 2.19. The van der Waals surface area contributed by atoms with E-state index in [2.05, 4.69) is 4.98 Å². The van der Waals surface area contributed by atoms with Crippen LogP contribution in [0.4, 0.5) is 0 Å². The van der Waals surface area contributed by atoms with Crippen molar-refractivity contribution in [2.24, 2.45) is 5.92 Å². The summed E-state index contributed by atoms with van der Waals surface area (Å²) in [7, 11) is 1.60. The number of rotatable bonds is 5. The normalized spacial score (nSPS) is 11.8. The number of hydrogen-bond donors (Lipinski definition) is 1. The lowest BCUT2D eigenvalue weighted by Crippen LogP contribution is -2.33. The molecule has 0 fully saturated rings. The zero-order valence-electron chi connectivity index (χ0n) is 13.5. The zero-order chi connectivity index (χ0) is 17.0. The highest BCUT2D eigenvalue weighted by molar-refractivity contribution is 5.95. The van der Waals surface area contributed by atoms with Crippen LogP contribution in [0.15, 0.2) is 42.7 Å². The number of amides is 1. The number of pyridine rings is 1. The fraction of sp³-hybridized carbons (Fsp3) is 0.278. The molecule has 1 N–H and O–H groups in total. The minimum atomic E-state index is -0.920. The monoisotopic (exact) mass is 312 g/mol. The third-order valence-corrected chi connectivity index (χ3v) is 3.65. The van der Waals surface area contributed by atoms with Gasteiger partial charge in [-0.3, -0.25) is 14.6 Å². The standard InChI is InChI=1S/C18H20N2O3/c1-12-5-4-6-14(7-12)15-8-16(10-19-9-15)17(21)20(3)11-13(2)18(22)23/h4-10,13H,11H2,1-3H3,(H,22,23). The molecule has 0 radical (unpaired) electrons. The first-order valence-electron chi connectivity index (χ1n) is 7.39. The Kier molecular flexibility index (Phi) is 5.11. The average Bonchev–Trinajstić information content (AvgIpc) is 2.54. The minimum Gasteiger partial charge on any atom is -0.481 e. The maximum absolute atomic E-state index is 12.4. The first-order valence-corrected chi connectivity index (χ1v) is 7.39. The van der Waals surface area contributed by atoms with Crippen molar-refractivity contribution in [2.45, 2.75) is 13.8 Å². The maximum Gasteiger partial charge on any atom is 0.308 e. The van der Waals surface area contributed by atoms with Crippen LogP contribution in [0.2, 0.25) is 0 Å². The summed E-state index contributed by atoms with van der Waals surface area (Å²) in [6, 6.07) is 9.74. The number of aryl methyl sites for hydroxylation is 1. The van der Waals surface area contributed by atoms with Crippen LogP contribution in [0.5, 0.6) is 0 Å². The van der Waals surface area contributed by atoms with Gasteiger partial charge in [0.25, 0.3) is 5.91 Å². The molecule has 5 heteroatoms. The number of aliphatic carboxylic acids is 1. The highest BCUT2D eigenvalue weighted by atomic mass is 16.4. The Morgan fingerprint density at radius 3 is 2.61 bits per heavy atom. The van der Waals surface area contributed by atoms with Crippen molar-refractivity contribution in [1.29, 1.82) is 0 Å². The van der Waals surface area contributed by atoms with E-state index in [1.807, 2.05) is 31.2 Å². The molecule has 1 atom stereocenters. The summed E-state index contributed by atoms with van der Waals surface area (Å²) in [5, 5.41) is 8.95. The predicted molar refractivity (Wildman–Crippen MR) is 88.2 cm³/mol. The van der Waals surface area contributed by atoms with Crippen LogP contribution in [0.25, 0.3) is 11.1 Å². The van der Waals surface area contributed by atoms with Crippen LogP contribution >= 0.6 is 0 Å². The van der Waals surface area contributed by atoms with Crippen molar-refractivity contribution < 1.29 is 14.7 Å².